The first-order chi connectivity index (χ1) is 8.76. The van der Waals surface area contributed by atoms with E-state index in [2.05, 4.69) is 10.6 Å². The number of carbonyl (C=O) groups excluding carboxylic acids is 1. The van der Waals surface area contributed by atoms with E-state index >= 15 is 0 Å². The highest BCUT2D eigenvalue weighted by molar-refractivity contribution is 5.75. The van der Waals surface area contributed by atoms with Crippen LogP contribution >= 0.6 is 0 Å². The van der Waals surface area contributed by atoms with Gasteiger partial charge in [-0.3, -0.25) is 4.79 Å². The lowest BCUT2D eigenvalue weighted by Gasteiger charge is -2.07. The van der Waals surface area contributed by atoms with E-state index in [4.69, 9.17) is 4.74 Å². The highest BCUT2D eigenvalue weighted by Crippen LogP contribution is 2.11. The summed E-state index contributed by atoms with van der Waals surface area (Å²) in [6.07, 6.45) is 1.43. The lowest BCUT2D eigenvalue weighted by molar-refractivity contribution is -0.121. The molecule has 0 aliphatic rings. The molecule has 18 heavy (non-hydrogen) atoms. The van der Waals surface area contributed by atoms with Crippen molar-refractivity contribution in [1.82, 2.24) is 10.6 Å². The Bertz CT molecular complexity index is 349. The Morgan fingerprint density at radius 2 is 2.00 bits per heavy atom. The molecule has 0 unspecified atom stereocenters. The van der Waals surface area contributed by atoms with Gasteiger partial charge in [-0.2, -0.15) is 0 Å². The number of hydrogen-bond donors (Lipinski definition) is 2. The van der Waals surface area contributed by atoms with Gasteiger partial charge in [0.25, 0.3) is 0 Å². The van der Waals surface area contributed by atoms with Gasteiger partial charge in [-0.15, -0.1) is 0 Å². The minimum absolute atomic E-state index is 0.0964. The second-order valence-corrected chi connectivity index (χ2v) is 4.06. The summed E-state index contributed by atoms with van der Waals surface area (Å²) in [5, 5.41) is 5.92. The van der Waals surface area contributed by atoms with Crippen LogP contribution in [0.1, 0.15) is 25.3 Å². The van der Waals surface area contributed by atoms with Crippen molar-refractivity contribution in [3.63, 3.8) is 0 Å². The van der Waals surface area contributed by atoms with E-state index < -0.39 is 0 Å². The van der Waals surface area contributed by atoms with Crippen molar-refractivity contribution in [2.75, 3.05) is 20.2 Å². The average molecular weight is 250 g/mol. The van der Waals surface area contributed by atoms with Crippen LogP contribution in [0.15, 0.2) is 24.3 Å². The van der Waals surface area contributed by atoms with Gasteiger partial charge in [0.2, 0.25) is 5.91 Å². The molecule has 0 bridgehead atoms. The zero-order valence-electron chi connectivity index (χ0n) is 11.2. The Morgan fingerprint density at radius 3 is 2.61 bits per heavy atom. The number of ether oxygens (including phenoxy) is 1. The molecule has 100 valence electrons. The lowest BCUT2D eigenvalue weighted by Crippen LogP contribution is -2.23. The third kappa shape index (κ3) is 5.68. The van der Waals surface area contributed by atoms with Crippen LogP contribution in [0, 0.1) is 0 Å². The number of hydrogen-bond acceptors (Lipinski definition) is 3. The van der Waals surface area contributed by atoms with Crippen molar-refractivity contribution < 1.29 is 9.53 Å². The largest absolute Gasteiger partial charge is 0.494 e. The second kappa shape index (κ2) is 8.53. The van der Waals surface area contributed by atoms with Crippen LogP contribution in [0.5, 0.6) is 5.75 Å². The van der Waals surface area contributed by atoms with Gasteiger partial charge in [0.1, 0.15) is 5.75 Å². The van der Waals surface area contributed by atoms with Crippen molar-refractivity contribution >= 4 is 5.91 Å². The smallest absolute Gasteiger partial charge is 0.220 e. The second-order valence-electron chi connectivity index (χ2n) is 4.06. The van der Waals surface area contributed by atoms with Crippen LogP contribution in [-0.2, 0) is 11.3 Å². The maximum atomic E-state index is 11.5. The van der Waals surface area contributed by atoms with Crippen LogP contribution in [-0.4, -0.2) is 26.1 Å². The van der Waals surface area contributed by atoms with E-state index in [1.54, 1.807) is 0 Å². The number of rotatable bonds is 8. The van der Waals surface area contributed by atoms with Gasteiger partial charge in [-0.25, -0.2) is 0 Å². The third-order valence-electron chi connectivity index (χ3n) is 2.55. The first-order valence-electron chi connectivity index (χ1n) is 6.39. The first-order valence-corrected chi connectivity index (χ1v) is 6.39. The molecule has 1 rings (SSSR count). The van der Waals surface area contributed by atoms with Crippen molar-refractivity contribution in [2.45, 2.75) is 26.3 Å². The zero-order valence-corrected chi connectivity index (χ0v) is 11.2. The zero-order chi connectivity index (χ0) is 13.2. The molecule has 2 N–H and O–H groups in total. The summed E-state index contributed by atoms with van der Waals surface area (Å²) < 4.78 is 5.36. The van der Waals surface area contributed by atoms with Crippen molar-refractivity contribution in [2.24, 2.45) is 0 Å². The predicted octanol–water partition coefficient (Wildman–Crippen LogP) is 1.70. The van der Waals surface area contributed by atoms with Crippen molar-refractivity contribution in [3.05, 3.63) is 29.8 Å². The first kappa shape index (κ1) is 14.5. The molecule has 0 spiro atoms. The summed E-state index contributed by atoms with van der Waals surface area (Å²) in [6, 6.07) is 7.79. The van der Waals surface area contributed by atoms with E-state index in [1.807, 2.05) is 38.2 Å². The number of nitrogens with one attached hydrogen (secondary N) is 2. The van der Waals surface area contributed by atoms with Crippen LogP contribution in [0.3, 0.4) is 0 Å². The molecule has 0 aromatic heterocycles. The predicted molar refractivity (Wildman–Crippen MR) is 72.6 cm³/mol. The SMILES string of the molecule is CCOc1ccc(CNC(=O)CCCNC)cc1. The average Bonchev–Trinajstić information content (AvgIpc) is 2.39. The monoisotopic (exact) mass is 250 g/mol. The van der Waals surface area contributed by atoms with E-state index in [-0.39, 0.29) is 5.91 Å². The van der Waals surface area contributed by atoms with E-state index in [0.29, 0.717) is 19.6 Å². The maximum Gasteiger partial charge on any atom is 0.220 e. The lowest BCUT2D eigenvalue weighted by atomic mass is 10.2. The standard InChI is InChI=1S/C14H22N2O2/c1-3-18-13-8-6-12(7-9-13)11-16-14(17)5-4-10-15-2/h6-9,15H,3-5,10-11H2,1-2H3,(H,16,17). The molecule has 0 atom stereocenters. The molecule has 1 aromatic rings. The summed E-state index contributed by atoms with van der Waals surface area (Å²) >= 11 is 0. The molecule has 0 heterocycles. The number of benzene rings is 1. The molecule has 0 saturated heterocycles. The van der Waals surface area contributed by atoms with Crippen molar-refractivity contribution in [3.8, 4) is 5.75 Å². The fourth-order valence-corrected chi connectivity index (χ4v) is 1.58. The summed E-state index contributed by atoms with van der Waals surface area (Å²) in [5.41, 5.74) is 1.08. The Hall–Kier alpha value is -1.55. The molecule has 0 aliphatic carbocycles. The molecule has 1 aromatic carbocycles. The van der Waals surface area contributed by atoms with Gasteiger partial charge in [-0.1, -0.05) is 12.1 Å². The molecule has 0 aliphatic heterocycles. The number of carbonyl (C=O) groups is 1. The van der Waals surface area contributed by atoms with Gasteiger partial charge in [-0.05, 0) is 44.6 Å². The van der Waals surface area contributed by atoms with Gasteiger partial charge in [0.05, 0.1) is 6.61 Å². The van der Waals surface area contributed by atoms with Gasteiger partial charge in [0, 0.05) is 13.0 Å². The summed E-state index contributed by atoms with van der Waals surface area (Å²) in [5.74, 6) is 0.959. The van der Waals surface area contributed by atoms with E-state index in [0.717, 1.165) is 24.3 Å². The normalized spacial score (nSPS) is 10.1. The fourth-order valence-electron chi connectivity index (χ4n) is 1.58. The van der Waals surface area contributed by atoms with E-state index in [1.165, 1.54) is 0 Å². The molecule has 0 saturated carbocycles. The Labute approximate surface area is 109 Å². The minimum atomic E-state index is 0.0964. The van der Waals surface area contributed by atoms with Crippen LogP contribution in [0.4, 0.5) is 0 Å². The summed E-state index contributed by atoms with van der Waals surface area (Å²) in [6.45, 7) is 4.07. The molecular weight excluding hydrogens is 228 g/mol. The van der Waals surface area contributed by atoms with Gasteiger partial charge >= 0.3 is 0 Å². The third-order valence-corrected chi connectivity index (χ3v) is 2.55. The summed E-state index contributed by atoms with van der Waals surface area (Å²) in [7, 11) is 1.89. The molecular formula is C14H22N2O2. The maximum absolute atomic E-state index is 11.5. The van der Waals surface area contributed by atoms with Crippen LogP contribution in [0.25, 0.3) is 0 Å². The van der Waals surface area contributed by atoms with E-state index in [9.17, 15) is 4.79 Å². The molecule has 0 fully saturated rings. The van der Waals surface area contributed by atoms with Crippen LogP contribution in [0.2, 0.25) is 0 Å². The molecule has 4 nitrogen and oxygen atoms in total. The minimum Gasteiger partial charge on any atom is -0.494 e. The fraction of sp³-hybridized carbons (Fsp3) is 0.500. The molecule has 1 amide bonds. The number of amides is 1. The Balaban J connectivity index is 2.27. The molecule has 0 radical (unpaired) electrons. The van der Waals surface area contributed by atoms with Gasteiger partial charge < -0.3 is 15.4 Å². The van der Waals surface area contributed by atoms with Crippen molar-refractivity contribution in [1.29, 1.82) is 0 Å². The summed E-state index contributed by atoms with van der Waals surface area (Å²) in [4.78, 5) is 11.5. The topological polar surface area (TPSA) is 50.4 Å². The highest BCUT2D eigenvalue weighted by atomic mass is 16.5. The van der Waals surface area contributed by atoms with Crippen LogP contribution < -0.4 is 15.4 Å². The molecule has 4 heteroatoms. The highest BCUT2D eigenvalue weighted by Gasteiger charge is 2.01. The quantitative estimate of drug-likeness (QED) is 0.690. The Morgan fingerprint density at radius 1 is 1.28 bits per heavy atom. The Kier molecular flexibility index (Phi) is 6.87. The van der Waals surface area contributed by atoms with Gasteiger partial charge in [0.15, 0.2) is 0 Å².